The van der Waals surface area contributed by atoms with E-state index >= 15 is 0 Å². The Hall–Kier alpha value is -1.55. The average molecular weight is 262 g/mol. The largest absolute Gasteiger partial charge is 0.493 e. The van der Waals surface area contributed by atoms with Gasteiger partial charge in [0.15, 0.2) is 0 Å². The number of carbonyl (C=O) groups is 1. The Balaban J connectivity index is 1.78. The van der Waals surface area contributed by atoms with Gasteiger partial charge in [-0.2, -0.15) is 0 Å². The minimum Gasteiger partial charge on any atom is -0.493 e. The highest BCUT2D eigenvalue weighted by Crippen LogP contribution is 2.19. The molecule has 0 aliphatic carbocycles. The number of rotatable bonds is 4. The number of hydrogen-bond donors (Lipinski definition) is 1. The van der Waals surface area contributed by atoms with Crippen LogP contribution in [0.2, 0.25) is 0 Å². The summed E-state index contributed by atoms with van der Waals surface area (Å²) in [6.45, 7) is 5.96. The number of aryl methyl sites for hydroxylation is 2. The minimum absolute atomic E-state index is 0.137. The van der Waals surface area contributed by atoms with Crippen LogP contribution in [0.4, 0.5) is 0 Å². The molecule has 1 aliphatic heterocycles. The summed E-state index contributed by atoms with van der Waals surface area (Å²) in [7, 11) is 0. The Bertz CT molecular complexity index is 459. The highest BCUT2D eigenvalue weighted by molar-refractivity contribution is 5.76. The highest BCUT2D eigenvalue weighted by atomic mass is 16.5. The van der Waals surface area contributed by atoms with Crippen LogP contribution < -0.4 is 10.5 Å². The molecule has 2 rings (SSSR count). The van der Waals surface area contributed by atoms with Crippen LogP contribution in [0.25, 0.3) is 0 Å². The van der Waals surface area contributed by atoms with Gasteiger partial charge in [0.1, 0.15) is 5.75 Å². The Labute approximate surface area is 114 Å². The molecule has 1 fully saturated rings. The molecule has 1 aliphatic rings. The molecule has 0 unspecified atom stereocenters. The summed E-state index contributed by atoms with van der Waals surface area (Å²) in [5, 5.41) is 0. The Morgan fingerprint density at radius 3 is 2.89 bits per heavy atom. The first kappa shape index (κ1) is 13.9. The van der Waals surface area contributed by atoms with Gasteiger partial charge in [-0.1, -0.05) is 17.7 Å². The fourth-order valence-electron chi connectivity index (χ4n) is 2.38. The van der Waals surface area contributed by atoms with Crippen molar-refractivity contribution < 1.29 is 9.53 Å². The second kappa shape index (κ2) is 6.06. The summed E-state index contributed by atoms with van der Waals surface area (Å²) in [6.07, 6.45) is 1.32. The van der Waals surface area contributed by atoms with Crippen LogP contribution >= 0.6 is 0 Å². The van der Waals surface area contributed by atoms with Gasteiger partial charge in [-0.3, -0.25) is 4.79 Å². The number of amides is 1. The minimum atomic E-state index is 0.137. The molecule has 2 N–H and O–H groups in total. The second-order valence-electron chi connectivity index (χ2n) is 5.26. The van der Waals surface area contributed by atoms with Crippen LogP contribution in [0.3, 0.4) is 0 Å². The third-order valence-electron chi connectivity index (χ3n) is 3.48. The van der Waals surface area contributed by atoms with E-state index in [1.165, 1.54) is 5.56 Å². The van der Waals surface area contributed by atoms with E-state index < -0.39 is 0 Å². The van der Waals surface area contributed by atoms with Crippen molar-refractivity contribution in [2.45, 2.75) is 32.7 Å². The Kier molecular flexibility index (Phi) is 4.43. The lowest BCUT2D eigenvalue weighted by Gasteiger charge is -2.16. The third-order valence-corrected chi connectivity index (χ3v) is 3.48. The van der Waals surface area contributed by atoms with Gasteiger partial charge in [0.2, 0.25) is 5.91 Å². The van der Waals surface area contributed by atoms with Gasteiger partial charge in [-0.25, -0.2) is 0 Å². The molecule has 1 heterocycles. The van der Waals surface area contributed by atoms with Gasteiger partial charge < -0.3 is 15.4 Å². The molecular weight excluding hydrogens is 240 g/mol. The zero-order chi connectivity index (χ0) is 13.8. The van der Waals surface area contributed by atoms with Gasteiger partial charge in [0.25, 0.3) is 0 Å². The van der Waals surface area contributed by atoms with Crippen molar-refractivity contribution in [2.75, 3.05) is 19.7 Å². The maximum Gasteiger partial charge on any atom is 0.226 e. The maximum atomic E-state index is 11.9. The predicted octanol–water partition coefficient (Wildman–Crippen LogP) is 1.63. The first-order valence-electron chi connectivity index (χ1n) is 6.79. The molecule has 0 radical (unpaired) electrons. The zero-order valence-corrected chi connectivity index (χ0v) is 11.7. The van der Waals surface area contributed by atoms with Gasteiger partial charge in [0.05, 0.1) is 13.0 Å². The molecule has 4 nitrogen and oxygen atoms in total. The van der Waals surface area contributed by atoms with Crippen molar-refractivity contribution in [1.29, 1.82) is 0 Å². The topological polar surface area (TPSA) is 55.6 Å². The molecule has 19 heavy (non-hydrogen) atoms. The lowest BCUT2D eigenvalue weighted by atomic mass is 10.1. The van der Waals surface area contributed by atoms with Crippen LogP contribution in [-0.4, -0.2) is 36.5 Å². The van der Waals surface area contributed by atoms with E-state index in [0.717, 1.165) is 24.3 Å². The van der Waals surface area contributed by atoms with E-state index in [2.05, 4.69) is 13.0 Å². The summed E-state index contributed by atoms with van der Waals surface area (Å²) in [5.74, 6) is 0.995. The van der Waals surface area contributed by atoms with Crippen LogP contribution in [0.15, 0.2) is 18.2 Å². The summed E-state index contributed by atoms with van der Waals surface area (Å²) >= 11 is 0. The molecule has 1 saturated heterocycles. The molecule has 104 valence electrons. The summed E-state index contributed by atoms with van der Waals surface area (Å²) in [4.78, 5) is 13.7. The number of nitrogens with zero attached hydrogens (tertiary/aromatic N) is 1. The Morgan fingerprint density at radius 1 is 1.47 bits per heavy atom. The standard InChI is InChI=1S/C15H22N2O2/c1-11-3-4-14(12(2)9-11)19-8-6-15(18)17-7-5-13(16)10-17/h3-4,9,13H,5-8,10,16H2,1-2H3/t13-/m0/s1. The number of likely N-dealkylation sites (tertiary alicyclic amines) is 1. The lowest BCUT2D eigenvalue weighted by molar-refractivity contribution is -0.130. The monoisotopic (exact) mass is 262 g/mol. The Morgan fingerprint density at radius 2 is 2.26 bits per heavy atom. The van der Waals surface area contributed by atoms with E-state index in [1.54, 1.807) is 0 Å². The van der Waals surface area contributed by atoms with Gasteiger partial charge in [-0.15, -0.1) is 0 Å². The molecule has 1 aromatic rings. The number of benzene rings is 1. The molecule has 0 aromatic heterocycles. The smallest absolute Gasteiger partial charge is 0.226 e. The summed E-state index contributed by atoms with van der Waals surface area (Å²) in [6, 6.07) is 6.20. The second-order valence-corrected chi connectivity index (χ2v) is 5.26. The number of hydrogen-bond acceptors (Lipinski definition) is 3. The quantitative estimate of drug-likeness (QED) is 0.897. The SMILES string of the molecule is Cc1ccc(OCCC(=O)N2CC[C@H](N)C2)c(C)c1. The third kappa shape index (κ3) is 3.70. The molecule has 1 atom stereocenters. The number of carbonyl (C=O) groups excluding carboxylic acids is 1. The van der Waals surface area contributed by atoms with Crippen molar-refractivity contribution in [3.05, 3.63) is 29.3 Å². The van der Waals surface area contributed by atoms with Crippen LogP contribution in [-0.2, 0) is 4.79 Å². The molecule has 0 spiro atoms. The van der Waals surface area contributed by atoms with Crippen molar-refractivity contribution in [2.24, 2.45) is 5.73 Å². The van der Waals surface area contributed by atoms with E-state index in [0.29, 0.717) is 19.6 Å². The first-order chi connectivity index (χ1) is 9.06. The molecular formula is C15H22N2O2. The van der Waals surface area contributed by atoms with Crippen LogP contribution in [0.1, 0.15) is 24.0 Å². The van der Waals surface area contributed by atoms with E-state index in [4.69, 9.17) is 10.5 Å². The highest BCUT2D eigenvalue weighted by Gasteiger charge is 2.23. The first-order valence-corrected chi connectivity index (χ1v) is 6.79. The van der Waals surface area contributed by atoms with Gasteiger partial charge in [-0.05, 0) is 31.9 Å². The molecule has 1 aromatic carbocycles. The van der Waals surface area contributed by atoms with E-state index in [-0.39, 0.29) is 11.9 Å². The van der Waals surface area contributed by atoms with Crippen molar-refractivity contribution in [3.8, 4) is 5.75 Å². The van der Waals surface area contributed by atoms with Crippen LogP contribution in [0, 0.1) is 13.8 Å². The zero-order valence-electron chi connectivity index (χ0n) is 11.7. The normalized spacial score (nSPS) is 18.7. The molecule has 1 amide bonds. The number of ether oxygens (including phenoxy) is 1. The van der Waals surface area contributed by atoms with Gasteiger partial charge in [0, 0.05) is 19.1 Å². The van der Waals surface area contributed by atoms with Gasteiger partial charge >= 0.3 is 0 Å². The predicted molar refractivity (Wildman–Crippen MR) is 75.2 cm³/mol. The lowest BCUT2D eigenvalue weighted by Crippen LogP contribution is -2.32. The molecule has 0 saturated carbocycles. The average Bonchev–Trinajstić information content (AvgIpc) is 2.78. The van der Waals surface area contributed by atoms with E-state index in [1.807, 2.05) is 24.0 Å². The van der Waals surface area contributed by atoms with Crippen molar-refractivity contribution in [1.82, 2.24) is 4.90 Å². The maximum absolute atomic E-state index is 11.9. The summed E-state index contributed by atoms with van der Waals surface area (Å²) in [5.41, 5.74) is 8.11. The number of nitrogens with two attached hydrogens (primary N) is 1. The van der Waals surface area contributed by atoms with E-state index in [9.17, 15) is 4.79 Å². The fraction of sp³-hybridized carbons (Fsp3) is 0.533. The van der Waals surface area contributed by atoms with Crippen LogP contribution in [0.5, 0.6) is 5.75 Å². The molecule has 0 bridgehead atoms. The molecule has 4 heteroatoms. The fourth-order valence-corrected chi connectivity index (χ4v) is 2.38. The summed E-state index contributed by atoms with van der Waals surface area (Å²) < 4.78 is 5.67. The van der Waals surface area contributed by atoms with Crippen molar-refractivity contribution >= 4 is 5.91 Å². The van der Waals surface area contributed by atoms with Crippen molar-refractivity contribution in [3.63, 3.8) is 0 Å².